The van der Waals surface area contributed by atoms with Crippen molar-refractivity contribution in [1.29, 1.82) is 0 Å². The molecule has 0 spiro atoms. The van der Waals surface area contributed by atoms with E-state index in [2.05, 4.69) is 50.4 Å². The van der Waals surface area contributed by atoms with E-state index in [0.717, 1.165) is 18.1 Å². The fraction of sp³-hybridized carbons (Fsp3) is 0.294. The van der Waals surface area contributed by atoms with Gasteiger partial charge in [-0.15, -0.1) is 0 Å². The normalized spacial score (nSPS) is 10.8. The molecule has 0 aliphatic rings. The van der Waals surface area contributed by atoms with Crippen LogP contribution in [0.2, 0.25) is 5.02 Å². The van der Waals surface area contributed by atoms with E-state index >= 15 is 0 Å². The third-order valence-electron chi connectivity index (χ3n) is 3.18. The summed E-state index contributed by atoms with van der Waals surface area (Å²) in [5, 5.41) is 4.19. The van der Waals surface area contributed by atoms with E-state index in [9.17, 15) is 0 Å². The first-order chi connectivity index (χ1) is 9.61. The van der Waals surface area contributed by atoms with Crippen molar-refractivity contribution in [3.05, 3.63) is 58.1 Å². The lowest BCUT2D eigenvalue weighted by atomic mass is 10.2. The van der Waals surface area contributed by atoms with Crippen LogP contribution in [0.3, 0.4) is 0 Å². The van der Waals surface area contributed by atoms with Crippen LogP contribution in [-0.2, 0) is 6.54 Å². The van der Waals surface area contributed by atoms with E-state index in [0.29, 0.717) is 0 Å². The van der Waals surface area contributed by atoms with Crippen molar-refractivity contribution in [2.45, 2.75) is 37.1 Å². The van der Waals surface area contributed by atoms with E-state index in [-0.39, 0.29) is 0 Å². The summed E-state index contributed by atoms with van der Waals surface area (Å²) in [7, 11) is 0. The van der Waals surface area contributed by atoms with Crippen molar-refractivity contribution in [2.75, 3.05) is 6.54 Å². The third-order valence-corrected chi connectivity index (χ3v) is 4.81. The molecule has 0 aliphatic heterocycles. The Morgan fingerprint density at radius 2 is 1.90 bits per heavy atom. The maximum atomic E-state index is 6.34. The van der Waals surface area contributed by atoms with Gasteiger partial charge in [0.15, 0.2) is 0 Å². The van der Waals surface area contributed by atoms with Gasteiger partial charge in [-0.25, -0.2) is 0 Å². The molecular formula is C17H20ClNS. The summed E-state index contributed by atoms with van der Waals surface area (Å²) in [6, 6.07) is 12.7. The smallest absolute Gasteiger partial charge is 0.0462 e. The summed E-state index contributed by atoms with van der Waals surface area (Å²) in [5.41, 5.74) is 3.79. The Hall–Kier alpha value is -0.960. The summed E-state index contributed by atoms with van der Waals surface area (Å²) < 4.78 is 0. The van der Waals surface area contributed by atoms with Crippen LogP contribution in [0.4, 0.5) is 0 Å². The lowest BCUT2D eigenvalue weighted by Crippen LogP contribution is -2.12. The monoisotopic (exact) mass is 305 g/mol. The highest BCUT2D eigenvalue weighted by Gasteiger charge is 2.09. The van der Waals surface area contributed by atoms with Gasteiger partial charge in [-0.1, -0.05) is 54.0 Å². The Kier molecular flexibility index (Phi) is 5.53. The number of rotatable bonds is 5. The molecule has 2 rings (SSSR count). The van der Waals surface area contributed by atoms with Gasteiger partial charge < -0.3 is 5.32 Å². The zero-order chi connectivity index (χ0) is 14.5. The van der Waals surface area contributed by atoms with Gasteiger partial charge in [0.05, 0.1) is 0 Å². The van der Waals surface area contributed by atoms with Gasteiger partial charge >= 0.3 is 0 Å². The summed E-state index contributed by atoms with van der Waals surface area (Å²) in [5.74, 6) is 0. The number of benzene rings is 2. The van der Waals surface area contributed by atoms with E-state index < -0.39 is 0 Å². The standard InChI is InChI=1S/C17H20ClNS/c1-4-19-11-14-15(18)6-5-7-17(14)20-16-9-8-12(2)10-13(16)3/h5-10,19H,4,11H2,1-3H3. The Balaban J connectivity index is 2.30. The minimum atomic E-state index is 0.809. The zero-order valence-corrected chi connectivity index (χ0v) is 13.7. The molecule has 2 aromatic carbocycles. The Labute approximate surface area is 130 Å². The minimum Gasteiger partial charge on any atom is -0.313 e. The fourth-order valence-electron chi connectivity index (χ4n) is 2.09. The molecule has 106 valence electrons. The first-order valence-corrected chi connectivity index (χ1v) is 8.04. The van der Waals surface area contributed by atoms with E-state index in [4.69, 9.17) is 11.6 Å². The van der Waals surface area contributed by atoms with Gasteiger partial charge in [0, 0.05) is 21.4 Å². The quantitative estimate of drug-likeness (QED) is 0.813. The second kappa shape index (κ2) is 7.16. The summed E-state index contributed by atoms with van der Waals surface area (Å²) in [4.78, 5) is 2.51. The Morgan fingerprint density at radius 3 is 2.60 bits per heavy atom. The number of nitrogens with one attached hydrogen (secondary N) is 1. The highest BCUT2D eigenvalue weighted by Crippen LogP contribution is 2.35. The predicted molar refractivity (Wildman–Crippen MR) is 88.9 cm³/mol. The molecule has 2 aromatic rings. The molecule has 1 N–H and O–H groups in total. The van der Waals surface area contributed by atoms with E-state index in [1.807, 2.05) is 12.1 Å². The topological polar surface area (TPSA) is 12.0 Å². The molecule has 0 aromatic heterocycles. The maximum Gasteiger partial charge on any atom is 0.0462 e. The van der Waals surface area contributed by atoms with Crippen molar-refractivity contribution in [3.8, 4) is 0 Å². The van der Waals surface area contributed by atoms with Crippen molar-refractivity contribution in [2.24, 2.45) is 0 Å². The summed E-state index contributed by atoms with van der Waals surface area (Å²) >= 11 is 8.13. The lowest BCUT2D eigenvalue weighted by molar-refractivity contribution is 0.718. The molecule has 3 heteroatoms. The average molecular weight is 306 g/mol. The average Bonchev–Trinajstić information content (AvgIpc) is 2.41. The van der Waals surface area contributed by atoms with Crippen molar-refractivity contribution in [1.82, 2.24) is 5.32 Å². The molecule has 0 unspecified atom stereocenters. The van der Waals surface area contributed by atoms with Crippen LogP contribution in [0.15, 0.2) is 46.2 Å². The Bertz CT molecular complexity index is 596. The first-order valence-electron chi connectivity index (χ1n) is 6.85. The van der Waals surface area contributed by atoms with Crippen LogP contribution in [0, 0.1) is 13.8 Å². The molecule has 0 amide bonds. The molecule has 0 aliphatic carbocycles. The molecule has 20 heavy (non-hydrogen) atoms. The maximum absolute atomic E-state index is 6.34. The molecule has 0 saturated carbocycles. The largest absolute Gasteiger partial charge is 0.313 e. The third kappa shape index (κ3) is 3.78. The van der Waals surface area contributed by atoms with Crippen LogP contribution in [0.5, 0.6) is 0 Å². The summed E-state index contributed by atoms with van der Waals surface area (Å²) in [6.45, 7) is 8.14. The minimum absolute atomic E-state index is 0.809. The van der Waals surface area contributed by atoms with Gasteiger partial charge in [0.1, 0.15) is 0 Å². The molecule has 1 nitrogen and oxygen atoms in total. The second-order valence-corrected chi connectivity index (χ2v) is 6.36. The zero-order valence-electron chi connectivity index (χ0n) is 12.2. The fourth-order valence-corrected chi connectivity index (χ4v) is 3.43. The SMILES string of the molecule is CCNCc1c(Cl)cccc1Sc1ccc(C)cc1C. The van der Waals surface area contributed by atoms with Gasteiger partial charge in [-0.05, 0) is 49.7 Å². The molecule has 0 saturated heterocycles. The molecule has 0 fully saturated rings. The van der Waals surface area contributed by atoms with Crippen LogP contribution in [-0.4, -0.2) is 6.54 Å². The molecular weight excluding hydrogens is 286 g/mol. The predicted octanol–water partition coefficient (Wildman–Crippen LogP) is 5.22. The summed E-state index contributed by atoms with van der Waals surface area (Å²) in [6.07, 6.45) is 0. The molecule has 0 atom stereocenters. The van der Waals surface area contributed by atoms with E-state index in [1.54, 1.807) is 11.8 Å². The molecule has 0 bridgehead atoms. The number of halogens is 1. The van der Waals surface area contributed by atoms with Crippen LogP contribution >= 0.6 is 23.4 Å². The van der Waals surface area contributed by atoms with Gasteiger partial charge in [-0.3, -0.25) is 0 Å². The number of aryl methyl sites for hydroxylation is 2. The number of hydrogen-bond acceptors (Lipinski definition) is 2. The van der Waals surface area contributed by atoms with Crippen LogP contribution in [0.1, 0.15) is 23.6 Å². The van der Waals surface area contributed by atoms with Gasteiger partial charge in [0.2, 0.25) is 0 Å². The van der Waals surface area contributed by atoms with Crippen molar-refractivity contribution in [3.63, 3.8) is 0 Å². The highest BCUT2D eigenvalue weighted by molar-refractivity contribution is 7.99. The van der Waals surface area contributed by atoms with Crippen LogP contribution in [0.25, 0.3) is 0 Å². The molecule has 0 radical (unpaired) electrons. The van der Waals surface area contributed by atoms with Crippen molar-refractivity contribution < 1.29 is 0 Å². The van der Waals surface area contributed by atoms with Crippen LogP contribution < -0.4 is 5.32 Å². The lowest BCUT2D eigenvalue weighted by Gasteiger charge is -2.13. The van der Waals surface area contributed by atoms with Gasteiger partial charge in [-0.2, -0.15) is 0 Å². The first kappa shape index (κ1) is 15.4. The second-order valence-electron chi connectivity index (χ2n) is 4.87. The Morgan fingerprint density at radius 1 is 1.10 bits per heavy atom. The van der Waals surface area contributed by atoms with Gasteiger partial charge in [0.25, 0.3) is 0 Å². The number of hydrogen-bond donors (Lipinski definition) is 1. The van der Waals surface area contributed by atoms with Crippen molar-refractivity contribution >= 4 is 23.4 Å². The molecule has 0 heterocycles. The van der Waals surface area contributed by atoms with E-state index in [1.165, 1.54) is 26.5 Å². The highest BCUT2D eigenvalue weighted by atomic mass is 35.5.